The van der Waals surface area contributed by atoms with Crippen molar-refractivity contribution in [1.29, 1.82) is 0 Å². The van der Waals surface area contributed by atoms with Crippen LogP contribution in [-0.4, -0.2) is 18.4 Å². The molecule has 0 spiro atoms. The first-order valence-corrected chi connectivity index (χ1v) is 7.09. The molecule has 112 valence electrons. The maximum absolute atomic E-state index is 12.1. The molecule has 2 aromatic rings. The quantitative estimate of drug-likeness (QED) is 0.915. The first kappa shape index (κ1) is 14.4. The molecule has 0 atom stereocenters. The van der Waals surface area contributed by atoms with Gasteiger partial charge in [0.25, 0.3) is 5.91 Å². The van der Waals surface area contributed by atoms with E-state index in [9.17, 15) is 9.59 Å². The van der Waals surface area contributed by atoms with E-state index in [2.05, 4.69) is 10.6 Å². The van der Waals surface area contributed by atoms with Gasteiger partial charge in [-0.1, -0.05) is 23.7 Å². The summed E-state index contributed by atoms with van der Waals surface area (Å²) in [6.45, 7) is 0.00741. The number of rotatable bonds is 3. The van der Waals surface area contributed by atoms with Crippen molar-refractivity contribution < 1.29 is 14.3 Å². The predicted molar refractivity (Wildman–Crippen MR) is 84.4 cm³/mol. The number of anilines is 2. The van der Waals surface area contributed by atoms with Gasteiger partial charge in [0.15, 0.2) is 6.61 Å². The van der Waals surface area contributed by atoms with Gasteiger partial charge in [-0.25, -0.2) is 0 Å². The molecule has 3 rings (SSSR count). The number of amides is 2. The second-order valence-electron chi connectivity index (χ2n) is 4.90. The highest BCUT2D eigenvalue weighted by atomic mass is 35.5. The fraction of sp³-hybridized carbons (Fsp3) is 0.125. The first-order chi connectivity index (χ1) is 10.6. The van der Waals surface area contributed by atoms with Crippen LogP contribution in [0.25, 0.3) is 0 Å². The predicted octanol–water partition coefficient (Wildman–Crippen LogP) is 2.85. The van der Waals surface area contributed by atoms with Crippen LogP contribution in [0.4, 0.5) is 11.4 Å². The molecule has 6 heteroatoms. The fourth-order valence-corrected chi connectivity index (χ4v) is 2.41. The highest BCUT2D eigenvalue weighted by molar-refractivity contribution is 6.30. The normalized spacial score (nSPS) is 12.9. The average Bonchev–Trinajstić information content (AvgIpc) is 2.46. The van der Waals surface area contributed by atoms with Crippen molar-refractivity contribution in [3.63, 3.8) is 0 Å². The van der Waals surface area contributed by atoms with E-state index in [0.717, 1.165) is 5.56 Å². The van der Waals surface area contributed by atoms with Crippen molar-refractivity contribution in [3.8, 4) is 5.75 Å². The molecule has 0 unspecified atom stereocenters. The summed E-state index contributed by atoms with van der Waals surface area (Å²) in [7, 11) is 0. The largest absolute Gasteiger partial charge is 0.482 e. The Morgan fingerprint density at radius 2 is 2.14 bits per heavy atom. The smallest absolute Gasteiger partial charge is 0.262 e. The van der Waals surface area contributed by atoms with Crippen LogP contribution >= 0.6 is 11.6 Å². The maximum atomic E-state index is 12.1. The van der Waals surface area contributed by atoms with Gasteiger partial charge in [0.1, 0.15) is 5.75 Å². The fourth-order valence-electron chi connectivity index (χ4n) is 2.20. The summed E-state index contributed by atoms with van der Waals surface area (Å²) in [4.78, 5) is 23.3. The second-order valence-corrected chi connectivity index (χ2v) is 5.34. The first-order valence-electron chi connectivity index (χ1n) is 6.71. The standard InChI is InChI=1S/C16H13ClN2O3/c17-11-3-1-2-10(6-11)7-15(20)18-12-4-5-14-13(8-12)19-16(21)9-22-14/h1-6,8H,7,9H2,(H,18,20)(H,19,21). The topological polar surface area (TPSA) is 67.4 Å². The number of ether oxygens (including phenoxy) is 1. The van der Waals surface area contributed by atoms with Crippen LogP contribution in [0.15, 0.2) is 42.5 Å². The number of carbonyl (C=O) groups excluding carboxylic acids is 2. The van der Waals surface area contributed by atoms with Crippen LogP contribution in [0.3, 0.4) is 0 Å². The number of hydrogen-bond donors (Lipinski definition) is 2. The molecular formula is C16H13ClN2O3. The van der Waals surface area contributed by atoms with Crippen LogP contribution in [0.5, 0.6) is 5.75 Å². The lowest BCUT2D eigenvalue weighted by atomic mass is 10.1. The van der Waals surface area contributed by atoms with Gasteiger partial charge < -0.3 is 15.4 Å². The Labute approximate surface area is 132 Å². The summed E-state index contributed by atoms with van der Waals surface area (Å²) in [5.74, 6) is 0.215. The van der Waals surface area contributed by atoms with Gasteiger partial charge in [0.05, 0.1) is 12.1 Å². The van der Waals surface area contributed by atoms with E-state index in [0.29, 0.717) is 22.1 Å². The van der Waals surface area contributed by atoms with E-state index in [4.69, 9.17) is 16.3 Å². The van der Waals surface area contributed by atoms with E-state index >= 15 is 0 Å². The Hall–Kier alpha value is -2.53. The lowest BCUT2D eigenvalue weighted by Crippen LogP contribution is -2.25. The number of carbonyl (C=O) groups is 2. The summed E-state index contributed by atoms with van der Waals surface area (Å²) in [5.41, 5.74) is 1.98. The molecule has 0 saturated heterocycles. The Morgan fingerprint density at radius 1 is 1.27 bits per heavy atom. The molecule has 0 aromatic heterocycles. The third-order valence-electron chi connectivity index (χ3n) is 3.15. The van der Waals surface area contributed by atoms with Crippen LogP contribution in [0.2, 0.25) is 5.02 Å². The number of hydrogen-bond acceptors (Lipinski definition) is 3. The zero-order valence-corrected chi connectivity index (χ0v) is 12.3. The molecular weight excluding hydrogens is 304 g/mol. The van der Waals surface area contributed by atoms with Crippen molar-refractivity contribution in [3.05, 3.63) is 53.1 Å². The van der Waals surface area contributed by atoms with Crippen molar-refractivity contribution in [2.24, 2.45) is 0 Å². The average molecular weight is 317 g/mol. The molecule has 22 heavy (non-hydrogen) atoms. The summed E-state index contributed by atoms with van der Waals surface area (Å²) >= 11 is 5.90. The monoisotopic (exact) mass is 316 g/mol. The summed E-state index contributed by atoms with van der Waals surface area (Å²) < 4.78 is 5.27. The SMILES string of the molecule is O=C(Cc1cccc(Cl)c1)Nc1ccc2c(c1)NC(=O)CO2. The molecule has 2 amide bonds. The number of halogens is 1. The van der Waals surface area contributed by atoms with Gasteiger partial charge in [-0.2, -0.15) is 0 Å². The van der Waals surface area contributed by atoms with Crippen molar-refractivity contribution in [1.82, 2.24) is 0 Å². The Morgan fingerprint density at radius 3 is 2.95 bits per heavy atom. The van der Waals surface area contributed by atoms with Crippen molar-refractivity contribution in [2.45, 2.75) is 6.42 Å². The lowest BCUT2D eigenvalue weighted by Gasteiger charge is -2.18. The van der Waals surface area contributed by atoms with E-state index in [1.54, 1.807) is 36.4 Å². The maximum Gasteiger partial charge on any atom is 0.262 e. The summed E-state index contributed by atoms with van der Waals surface area (Å²) in [5, 5.41) is 6.08. The molecule has 1 aliphatic rings. The minimum atomic E-state index is -0.213. The second kappa shape index (κ2) is 6.07. The Balaban J connectivity index is 1.69. The summed E-state index contributed by atoms with van der Waals surface area (Å²) in [6.07, 6.45) is 0.223. The van der Waals surface area contributed by atoms with Gasteiger partial charge in [0.2, 0.25) is 5.91 Å². The van der Waals surface area contributed by atoms with Gasteiger partial charge in [-0.15, -0.1) is 0 Å². The van der Waals surface area contributed by atoms with E-state index in [-0.39, 0.29) is 24.8 Å². The minimum Gasteiger partial charge on any atom is -0.482 e. The van der Waals surface area contributed by atoms with Crippen molar-refractivity contribution >= 4 is 34.8 Å². The van der Waals surface area contributed by atoms with Crippen LogP contribution in [0.1, 0.15) is 5.56 Å². The molecule has 0 aliphatic carbocycles. The highest BCUT2D eigenvalue weighted by Crippen LogP contribution is 2.30. The summed E-state index contributed by atoms with van der Waals surface area (Å²) in [6, 6.07) is 12.3. The third kappa shape index (κ3) is 3.38. The molecule has 0 bridgehead atoms. The molecule has 2 aromatic carbocycles. The van der Waals surface area contributed by atoms with Crippen molar-refractivity contribution in [2.75, 3.05) is 17.2 Å². The molecule has 5 nitrogen and oxygen atoms in total. The van der Waals surface area contributed by atoms with Gasteiger partial charge in [-0.3, -0.25) is 9.59 Å². The zero-order chi connectivity index (χ0) is 15.5. The zero-order valence-electron chi connectivity index (χ0n) is 11.6. The van der Waals surface area contributed by atoms with Gasteiger partial charge in [-0.05, 0) is 35.9 Å². The highest BCUT2D eigenvalue weighted by Gasteiger charge is 2.16. The third-order valence-corrected chi connectivity index (χ3v) is 3.38. The Bertz CT molecular complexity index is 746. The van der Waals surface area contributed by atoms with Gasteiger partial charge in [0, 0.05) is 10.7 Å². The molecule has 2 N–H and O–H groups in total. The molecule has 1 aliphatic heterocycles. The number of fused-ring (bicyclic) bond motifs is 1. The van der Waals surface area contributed by atoms with Crippen LogP contribution in [0, 0.1) is 0 Å². The van der Waals surface area contributed by atoms with Crippen LogP contribution in [-0.2, 0) is 16.0 Å². The van der Waals surface area contributed by atoms with Crippen LogP contribution < -0.4 is 15.4 Å². The van der Waals surface area contributed by atoms with E-state index in [1.807, 2.05) is 6.07 Å². The molecule has 1 heterocycles. The Kier molecular flexibility index (Phi) is 3.98. The molecule has 0 saturated carbocycles. The number of benzene rings is 2. The molecule has 0 fully saturated rings. The van der Waals surface area contributed by atoms with E-state index in [1.165, 1.54) is 0 Å². The minimum absolute atomic E-state index is 0.00741. The number of nitrogens with one attached hydrogen (secondary N) is 2. The lowest BCUT2D eigenvalue weighted by molar-refractivity contribution is -0.118. The molecule has 0 radical (unpaired) electrons. The van der Waals surface area contributed by atoms with E-state index < -0.39 is 0 Å². The van der Waals surface area contributed by atoms with Gasteiger partial charge >= 0.3 is 0 Å².